The fraction of sp³-hybridized carbons (Fsp3) is 0.750. The first kappa shape index (κ1) is 7.74. The van der Waals surface area contributed by atoms with Crippen molar-refractivity contribution in [1.82, 2.24) is 0 Å². The summed E-state index contributed by atoms with van der Waals surface area (Å²) in [4.78, 5) is 0. The smallest absolute Gasteiger partial charge is 0.0239 e. The van der Waals surface area contributed by atoms with Gasteiger partial charge in [-0.15, -0.1) is 0 Å². The molecule has 0 rings (SSSR count). The summed E-state index contributed by atoms with van der Waals surface area (Å²) in [5, 5.41) is 0. The molecule has 48 valence electrons. The van der Waals surface area contributed by atoms with Crippen LogP contribution in [-0.2, 0) is 0 Å². The summed E-state index contributed by atoms with van der Waals surface area (Å²) >= 11 is 0. The highest BCUT2D eigenvalue weighted by Crippen LogP contribution is 2.09. The zero-order valence-corrected chi connectivity index (χ0v) is 6.31. The van der Waals surface area contributed by atoms with Gasteiger partial charge >= 0.3 is 0 Å². The largest absolute Gasteiger partial charge is 0.0914 e. The van der Waals surface area contributed by atoms with E-state index in [2.05, 4.69) is 39.8 Å². The van der Waals surface area contributed by atoms with Gasteiger partial charge in [0.15, 0.2) is 0 Å². The average Bonchev–Trinajstić information content (AvgIpc) is 1.67. The second-order valence-electron chi connectivity index (χ2n) is 2.63. The van der Waals surface area contributed by atoms with Gasteiger partial charge < -0.3 is 0 Å². The maximum absolute atomic E-state index is 2.24. The Balaban J connectivity index is 3.47. The molecule has 0 amide bonds. The van der Waals surface area contributed by atoms with Gasteiger partial charge in [-0.05, 0) is 18.8 Å². The number of allylic oxidation sites excluding steroid dienone is 2. The summed E-state index contributed by atoms with van der Waals surface area (Å²) < 4.78 is 0. The molecule has 0 unspecified atom stereocenters. The Bertz CT molecular complexity index is 70.1. The number of rotatable bonds is 2. The molecule has 0 aliphatic heterocycles. The summed E-state index contributed by atoms with van der Waals surface area (Å²) in [6, 6.07) is 0. The van der Waals surface area contributed by atoms with Crippen LogP contribution in [0.1, 0.15) is 27.7 Å². The number of hydrogen-bond acceptors (Lipinski definition) is 0. The SMILES string of the molecule is C/C=C\[C@@H](C)C(C)C. The van der Waals surface area contributed by atoms with E-state index in [0.717, 1.165) is 11.8 Å². The molecule has 0 N–H and O–H groups in total. The van der Waals surface area contributed by atoms with Crippen LogP contribution >= 0.6 is 0 Å². The zero-order chi connectivity index (χ0) is 6.57. The Morgan fingerprint density at radius 2 is 1.62 bits per heavy atom. The van der Waals surface area contributed by atoms with Crippen molar-refractivity contribution in [1.29, 1.82) is 0 Å². The van der Waals surface area contributed by atoms with E-state index in [1.807, 2.05) is 0 Å². The summed E-state index contributed by atoms with van der Waals surface area (Å²) in [5.74, 6) is 1.52. The highest BCUT2D eigenvalue weighted by Gasteiger charge is 1.99. The van der Waals surface area contributed by atoms with Gasteiger partial charge in [-0.2, -0.15) is 0 Å². The lowest BCUT2D eigenvalue weighted by Crippen LogP contribution is -1.98. The molecule has 0 aromatic heterocycles. The third-order valence-corrected chi connectivity index (χ3v) is 1.55. The molecule has 0 heterocycles. The molecule has 0 spiro atoms. The van der Waals surface area contributed by atoms with Crippen molar-refractivity contribution < 1.29 is 0 Å². The fourth-order valence-corrected chi connectivity index (χ4v) is 0.526. The predicted molar refractivity (Wildman–Crippen MR) is 38.8 cm³/mol. The van der Waals surface area contributed by atoms with E-state index in [0.29, 0.717) is 0 Å². The highest BCUT2D eigenvalue weighted by molar-refractivity contribution is 4.84. The summed E-state index contributed by atoms with van der Waals surface area (Å²) in [7, 11) is 0. The van der Waals surface area contributed by atoms with E-state index in [-0.39, 0.29) is 0 Å². The molecular formula is C8H16. The molecule has 0 aliphatic carbocycles. The van der Waals surface area contributed by atoms with E-state index in [9.17, 15) is 0 Å². The third-order valence-electron chi connectivity index (χ3n) is 1.55. The first-order valence-electron chi connectivity index (χ1n) is 3.31. The Labute approximate surface area is 52.6 Å². The van der Waals surface area contributed by atoms with Crippen LogP contribution in [-0.4, -0.2) is 0 Å². The van der Waals surface area contributed by atoms with Gasteiger partial charge in [0.05, 0.1) is 0 Å². The van der Waals surface area contributed by atoms with Crippen LogP contribution in [0, 0.1) is 11.8 Å². The molecule has 0 nitrogen and oxygen atoms in total. The van der Waals surface area contributed by atoms with E-state index in [1.165, 1.54) is 0 Å². The van der Waals surface area contributed by atoms with E-state index >= 15 is 0 Å². The lowest BCUT2D eigenvalue weighted by Gasteiger charge is -2.08. The summed E-state index contributed by atoms with van der Waals surface area (Å²) in [5.41, 5.74) is 0. The third kappa shape index (κ3) is 2.84. The van der Waals surface area contributed by atoms with Crippen molar-refractivity contribution in [2.75, 3.05) is 0 Å². The molecule has 0 aliphatic rings. The fourth-order valence-electron chi connectivity index (χ4n) is 0.526. The first-order valence-corrected chi connectivity index (χ1v) is 3.31. The van der Waals surface area contributed by atoms with Crippen LogP contribution in [0.4, 0.5) is 0 Å². The minimum Gasteiger partial charge on any atom is -0.0914 e. The summed E-state index contributed by atoms with van der Waals surface area (Å²) in [6.07, 6.45) is 4.36. The first-order chi connectivity index (χ1) is 3.68. The van der Waals surface area contributed by atoms with Gasteiger partial charge in [-0.3, -0.25) is 0 Å². The predicted octanol–water partition coefficient (Wildman–Crippen LogP) is 2.85. The molecule has 8 heavy (non-hydrogen) atoms. The van der Waals surface area contributed by atoms with Crippen LogP contribution in [0.5, 0.6) is 0 Å². The maximum atomic E-state index is 2.24. The van der Waals surface area contributed by atoms with Gasteiger partial charge in [-0.25, -0.2) is 0 Å². The van der Waals surface area contributed by atoms with Crippen LogP contribution in [0.25, 0.3) is 0 Å². The van der Waals surface area contributed by atoms with Crippen molar-refractivity contribution in [2.24, 2.45) is 11.8 Å². The quantitative estimate of drug-likeness (QED) is 0.482. The van der Waals surface area contributed by atoms with Crippen LogP contribution in [0.15, 0.2) is 12.2 Å². The molecule has 0 heteroatoms. The van der Waals surface area contributed by atoms with Crippen LogP contribution < -0.4 is 0 Å². The Hall–Kier alpha value is -0.260. The van der Waals surface area contributed by atoms with Crippen molar-refractivity contribution in [3.8, 4) is 0 Å². The molecule has 0 radical (unpaired) electrons. The molecular weight excluding hydrogens is 96.1 g/mol. The topological polar surface area (TPSA) is 0 Å². The molecule has 0 saturated carbocycles. The Morgan fingerprint density at radius 3 is 1.75 bits per heavy atom. The van der Waals surface area contributed by atoms with Gasteiger partial charge in [0.2, 0.25) is 0 Å². The molecule has 0 aromatic carbocycles. The molecule has 0 saturated heterocycles. The lowest BCUT2D eigenvalue weighted by atomic mass is 9.98. The van der Waals surface area contributed by atoms with Gasteiger partial charge in [0.1, 0.15) is 0 Å². The normalized spacial score (nSPS) is 15.6. The molecule has 1 atom stereocenters. The second kappa shape index (κ2) is 3.71. The van der Waals surface area contributed by atoms with Crippen LogP contribution in [0.2, 0.25) is 0 Å². The van der Waals surface area contributed by atoms with E-state index < -0.39 is 0 Å². The standard InChI is InChI=1S/C8H16/c1-5-6-8(4)7(2)3/h5-8H,1-4H3/b6-5-/t8-/m1/s1. The Morgan fingerprint density at radius 1 is 1.12 bits per heavy atom. The monoisotopic (exact) mass is 112 g/mol. The van der Waals surface area contributed by atoms with Crippen molar-refractivity contribution in [3.05, 3.63) is 12.2 Å². The zero-order valence-electron chi connectivity index (χ0n) is 6.31. The second-order valence-corrected chi connectivity index (χ2v) is 2.63. The van der Waals surface area contributed by atoms with Crippen LogP contribution in [0.3, 0.4) is 0 Å². The van der Waals surface area contributed by atoms with Gasteiger partial charge in [0, 0.05) is 0 Å². The molecule has 0 bridgehead atoms. The Kier molecular flexibility index (Phi) is 3.59. The van der Waals surface area contributed by atoms with Gasteiger partial charge in [0.25, 0.3) is 0 Å². The van der Waals surface area contributed by atoms with Crippen molar-refractivity contribution in [2.45, 2.75) is 27.7 Å². The minimum atomic E-state index is 0.736. The summed E-state index contributed by atoms with van der Waals surface area (Å²) in [6.45, 7) is 8.79. The molecule has 0 aromatic rings. The number of hydrogen-bond donors (Lipinski definition) is 0. The van der Waals surface area contributed by atoms with Gasteiger partial charge in [-0.1, -0.05) is 32.9 Å². The maximum Gasteiger partial charge on any atom is -0.0239 e. The van der Waals surface area contributed by atoms with E-state index in [1.54, 1.807) is 0 Å². The molecule has 0 fully saturated rings. The lowest BCUT2D eigenvalue weighted by molar-refractivity contribution is 0.504. The van der Waals surface area contributed by atoms with Crippen molar-refractivity contribution >= 4 is 0 Å². The van der Waals surface area contributed by atoms with Crippen molar-refractivity contribution in [3.63, 3.8) is 0 Å². The van der Waals surface area contributed by atoms with E-state index in [4.69, 9.17) is 0 Å². The average molecular weight is 112 g/mol. The minimum absolute atomic E-state index is 0.736. The highest BCUT2D eigenvalue weighted by atomic mass is 14.0.